The van der Waals surface area contributed by atoms with Gasteiger partial charge in [-0.05, 0) is 18.2 Å². The normalized spacial score (nSPS) is 10.5. The van der Waals surface area contributed by atoms with Crippen LogP contribution in [-0.2, 0) is 14.3 Å². The minimum Gasteiger partial charge on any atom is -0.455 e. The molecule has 0 saturated heterocycles. The van der Waals surface area contributed by atoms with Gasteiger partial charge in [-0.15, -0.1) is 23.1 Å². The number of anilines is 1. The van der Waals surface area contributed by atoms with Gasteiger partial charge < -0.3 is 4.74 Å². The number of benzene rings is 2. The standard InChI is InChI=1S/C19H14Cl2N2O3S2/c20-13-6-7-14(21)16(8-13)27-11-18(25)26-9-17(24)23-19-22-15(10-28-19)12-4-2-1-3-5-12/h1-8,10H,9,11H2,(H,22,23,24). The highest BCUT2D eigenvalue weighted by atomic mass is 35.5. The number of carbonyl (C=O) groups excluding carboxylic acids is 2. The first kappa shape index (κ1) is 20.7. The fourth-order valence-corrected chi connectivity index (χ4v) is 4.17. The van der Waals surface area contributed by atoms with Crippen LogP contribution in [0.5, 0.6) is 0 Å². The Morgan fingerprint density at radius 3 is 2.71 bits per heavy atom. The number of amides is 1. The second-order valence-corrected chi connectivity index (χ2v) is 8.20. The first-order chi connectivity index (χ1) is 13.5. The quantitative estimate of drug-likeness (QED) is 0.384. The van der Waals surface area contributed by atoms with E-state index in [0.29, 0.717) is 20.1 Å². The van der Waals surface area contributed by atoms with Crippen LogP contribution in [0, 0.1) is 0 Å². The molecule has 0 radical (unpaired) electrons. The van der Waals surface area contributed by atoms with Crippen LogP contribution in [0.4, 0.5) is 5.13 Å². The minimum absolute atomic E-state index is 0.0166. The summed E-state index contributed by atoms with van der Waals surface area (Å²) in [5, 5.41) is 5.94. The molecule has 0 atom stereocenters. The first-order valence-electron chi connectivity index (χ1n) is 8.05. The number of carbonyl (C=O) groups is 2. The second-order valence-electron chi connectivity index (χ2n) is 5.48. The van der Waals surface area contributed by atoms with Crippen molar-refractivity contribution < 1.29 is 14.3 Å². The van der Waals surface area contributed by atoms with Crippen LogP contribution in [-0.4, -0.2) is 29.2 Å². The van der Waals surface area contributed by atoms with Gasteiger partial charge in [-0.3, -0.25) is 14.9 Å². The summed E-state index contributed by atoms with van der Waals surface area (Å²) in [5.41, 5.74) is 1.73. The number of esters is 1. The summed E-state index contributed by atoms with van der Waals surface area (Å²) in [5.74, 6) is -0.962. The predicted molar refractivity (Wildman–Crippen MR) is 114 cm³/mol. The van der Waals surface area contributed by atoms with E-state index in [1.54, 1.807) is 18.2 Å². The number of nitrogens with zero attached hydrogens (tertiary/aromatic N) is 1. The van der Waals surface area contributed by atoms with Crippen molar-refractivity contribution in [1.29, 1.82) is 0 Å². The number of ether oxygens (including phenoxy) is 1. The van der Waals surface area contributed by atoms with E-state index in [2.05, 4.69) is 10.3 Å². The molecule has 3 aromatic rings. The van der Waals surface area contributed by atoms with Crippen molar-refractivity contribution in [3.05, 3.63) is 64.0 Å². The zero-order valence-corrected chi connectivity index (χ0v) is 17.5. The van der Waals surface area contributed by atoms with Crippen molar-refractivity contribution >= 4 is 63.3 Å². The third-order valence-electron chi connectivity index (χ3n) is 3.42. The number of hydrogen-bond acceptors (Lipinski definition) is 6. The van der Waals surface area contributed by atoms with E-state index in [1.807, 2.05) is 35.7 Å². The second kappa shape index (κ2) is 9.93. The Balaban J connectivity index is 1.45. The van der Waals surface area contributed by atoms with Gasteiger partial charge in [0.25, 0.3) is 5.91 Å². The van der Waals surface area contributed by atoms with E-state index in [4.69, 9.17) is 27.9 Å². The van der Waals surface area contributed by atoms with Crippen LogP contribution < -0.4 is 5.32 Å². The SMILES string of the molecule is O=C(COC(=O)CSc1cc(Cl)ccc1Cl)Nc1nc(-c2ccccc2)cs1. The molecule has 0 saturated carbocycles. The molecule has 9 heteroatoms. The summed E-state index contributed by atoms with van der Waals surface area (Å²) in [6.45, 7) is -0.386. The van der Waals surface area contributed by atoms with Gasteiger partial charge in [-0.1, -0.05) is 53.5 Å². The molecule has 5 nitrogen and oxygen atoms in total. The van der Waals surface area contributed by atoms with Crippen molar-refractivity contribution in [3.8, 4) is 11.3 Å². The summed E-state index contributed by atoms with van der Waals surface area (Å²) in [6, 6.07) is 14.6. The lowest BCUT2D eigenvalue weighted by molar-refractivity contribution is -0.144. The van der Waals surface area contributed by atoms with Gasteiger partial charge in [0.15, 0.2) is 11.7 Å². The summed E-state index contributed by atoms with van der Waals surface area (Å²) >= 11 is 14.4. The Hall–Kier alpha value is -2.06. The summed E-state index contributed by atoms with van der Waals surface area (Å²) in [6.07, 6.45) is 0. The van der Waals surface area contributed by atoms with Crippen LogP contribution in [0.3, 0.4) is 0 Å². The smallest absolute Gasteiger partial charge is 0.316 e. The average molecular weight is 453 g/mol. The van der Waals surface area contributed by atoms with E-state index in [-0.39, 0.29) is 12.4 Å². The number of hydrogen-bond donors (Lipinski definition) is 1. The molecular weight excluding hydrogens is 439 g/mol. The molecule has 2 aromatic carbocycles. The molecule has 0 aliphatic rings. The molecule has 3 rings (SSSR count). The topological polar surface area (TPSA) is 68.3 Å². The maximum absolute atomic E-state index is 12.0. The van der Waals surface area contributed by atoms with Crippen molar-refractivity contribution in [1.82, 2.24) is 4.98 Å². The molecule has 0 aliphatic carbocycles. The van der Waals surface area contributed by atoms with Crippen LogP contribution in [0.2, 0.25) is 10.0 Å². The lowest BCUT2D eigenvalue weighted by Gasteiger charge is -2.06. The lowest BCUT2D eigenvalue weighted by Crippen LogP contribution is -2.21. The van der Waals surface area contributed by atoms with E-state index in [0.717, 1.165) is 11.3 Å². The van der Waals surface area contributed by atoms with Crippen molar-refractivity contribution in [2.24, 2.45) is 0 Å². The van der Waals surface area contributed by atoms with Crippen molar-refractivity contribution in [3.63, 3.8) is 0 Å². The van der Waals surface area contributed by atoms with Crippen LogP contribution >= 0.6 is 46.3 Å². The zero-order chi connectivity index (χ0) is 19.9. The average Bonchev–Trinajstić information content (AvgIpc) is 3.16. The van der Waals surface area contributed by atoms with Crippen LogP contribution in [0.15, 0.2) is 58.8 Å². The summed E-state index contributed by atoms with van der Waals surface area (Å²) in [7, 11) is 0. The highest BCUT2D eigenvalue weighted by molar-refractivity contribution is 8.00. The fraction of sp³-hybridized carbons (Fsp3) is 0.105. The van der Waals surface area contributed by atoms with Gasteiger partial charge >= 0.3 is 5.97 Å². The molecule has 28 heavy (non-hydrogen) atoms. The third kappa shape index (κ3) is 5.97. The molecule has 1 N–H and O–H groups in total. The molecule has 1 heterocycles. The molecule has 0 spiro atoms. The Kier molecular flexibility index (Phi) is 7.33. The zero-order valence-electron chi connectivity index (χ0n) is 14.4. The number of thioether (sulfide) groups is 1. The van der Waals surface area contributed by atoms with Crippen LogP contribution in [0.1, 0.15) is 0 Å². The van der Waals surface area contributed by atoms with Gasteiger partial charge in [-0.25, -0.2) is 4.98 Å². The molecular formula is C19H14Cl2N2O3S2. The van der Waals surface area contributed by atoms with Crippen molar-refractivity contribution in [2.45, 2.75) is 4.90 Å². The van der Waals surface area contributed by atoms with Gasteiger partial charge in [0.2, 0.25) is 0 Å². The number of rotatable bonds is 7. The van der Waals surface area contributed by atoms with E-state index < -0.39 is 11.9 Å². The Bertz CT molecular complexity index is 980. The molecule has 1 amide bonds. The Morgan fingerprint density at radius 2 is 1.93 bits per heavy atom. The third-order valence-corrected chi connectivity index (χ3v) is 5.89. The number of halogens is 2. The molecule has 0 fully saturated rings. The Labute approximate surface area is 180 Å². The highest BCUT2D eigenvalue weighted by Crippen LogP contribution is 2.30. The molecule has 0 bridgehead atoms. The monoisotopic (exact) mass is 452 g/mol. The molecule has 0 unspecified atom stereocenters. The van der Waals surface area contributed by atoms with E-state index >= 15 is 0 Å². The highest BCUT2D eigenvalue weighted by Gasteiger charge is 2.12. The van der Waals surface area contributed by atoms with Gasteiger partial charge in [0, 0.05) is 20.9 Å². The number of thiazole rings is 1. The fourth-order valence-electron chi connectivity index (χ4n) is 2.14. The molecule has 1 aromatic heterocycles. The lowest BCUT2D eigenvalue weighted by atomic mass is 10.2. The number of nitrogens with one attached hydrogen (secondary N) is 1. The van der Waals surface area contributed by atoms with E-state index in [1.165, 1.54) is 23.1 Å². The molecule has 144 valence electrons. The maximum Gasteiger partial charge on any atom is 0.316 e. The van der Waals surface area contributed by atoms with Gasteiger partial charge in [-0.2, -0.15) is 0 Å². The van der Waals surface area contributed by atoms with Crippen LogP contribution in [0.25, 0.3) is 11.3 Å². The first-order valence-corrected chi connectivity index (χ1v) is 10.7. The predicted octanol–water partition coefficient (Wildman–Crippen LogP) is 5.39. The number of aromatic nitrogens is 1. The summed E-state index contributed by atoms with van der Waals surface area (Å²) in [4.78, 5) is 28.8. The Morgan fingerprint density at radius 1 is 1.14 bits per heavy atom. The van der Waals surface area contributed by atoms with Crippen molar-refractivity contribution in [2.75, 3.05) is 17.7 Å². The largest absolute Gasteiger partial charge is 0.455 e. The van der Waals surface area contributed by atoms with Gasteiger partial charge in [0.1, 0.15) is 0 Å². The minimum atomic E-state index is -0.527. The van der Waals surface area contributed by atoms with E-state index in [9.17, 15) is 9.59 Å². The van der Waals surface area contributed by atoms with Gasteiger partial charge in [0.05, 0.1) is 16.5 Å². The maximum atomic E-state index is 12.0. The summed E-state index contributed by atoms with van der Waals surface area (Å²) < 4.78 is 4.99. The molecule has 0 aliphatic heterocycles.